The molecule has 1 aromatic carbocycles. The lowest BCUT2D eigenvalue weighted by Crippen LogP contribution is -2.13. The molecule has 4 nitrogen and oxygen atoms in total. The van der Waals surface area contributed by atoms with Crippen molar-refractivity contribution in [2.75, 3.05) is 13.7 Å². The van der Waals surface area contributed by atoms with E-state index >= 15 is 0 Å². The Bertz CT molecular complexity index is 503. The molecule has 1 heterocycles. The molecule has 1 aliphatic carbocycles. The molecule has 0 amide bonds. The Morgan fingerprint density at radius 2 is 2.28 bits per heavy atom. The minimum Gasteiger partial charge on any atom is -0.493 e. The van der Waals surface area contributed by atoms with Gasteiger partial charge in [0.15, 0.2) is 11.5 Å². The summed E-state index contributed by atoms with van der Waals surface area (Å²) >= 11 is 0. The van der Waals surface area contributed by atoms with E-state index in [0.29, 0.717) is 6.61 Å². The second-order valence-corrected chi connectivity index (χ2v) is 5.12. The van der Waals surface area contributed by atoms with Gasteiger partial charge in [0.25, 0.3) is 0 Å². The summed E-state index contributed by atoms with van der Waals surface area (Å²) in [7, 11) is 1.62. The van der Waals surface area contributed by atoms with Crippen LogP contribution in [0.5, 0.6) is 11.5 Å². The minimum atomic E-state index is -0.733. The lowest BCUT2D eigenvalue weighted by atomic mass is 9.90. The molecule has 18 heavy (non-hydrogen) atoms. The van der Waals surface area contributed by atoms with Gasteiger partial charge in [0.05, 0.1) is 20.1 Å². The number of carboxylic acids is 1. The number of aliphatic carboxylic acids is 1. The third kappa shape index (κ3) is 1.72. The summed E-state index contributed by atoms with van der Waals surface area (Å²) in [5.41, 5.74) is 2.06. The van der Waals surface area contributed by atoms with Crippen molar-refractivity contribution in [1.29, 1.82) is 0 Å². The first-order valence-corrected chi connectivity index (χ1v) is 6.21. The minimum absolute atomic E-state index is 0.170. The maximum atomic E-state index is 11.0. The van der Waals surface area contributed by atoms with Crippen molar-refractivity contribution in [1.82, 2.24) is 0 Å². The highest BCUT2D eigenvalue weighted by Crippen LogP contribution is 2.53. The molecule has 0 saturated heterocycles. The highest BCUT2D eigenvalue weighted by molar-refractivity contribution is 5.70. The molecule has 1 fully saturated rings. The van der Waals surface area contributed by atoms with Crippen molar-refractivity contribution in [3.05, 3.63) is 23.3 Å². The Hall–Kier alpha value is -1.71. The van der Waals surface area contributed by atoms with Gasteiger partial charge in [-0.1, -0.05) is 6.07 Å². The van der Waals surface area contributed by atoms with E-state index in [1.54, 1.807) is 7.11 Å². The molecule has 0 radical (unpaired) electrons. The quantitative estimate of drug-likeness (QED) is 0.887. The lowest BCUT2D eigenvalue weighted by molar-refractivity contribution is -0.137. The van der Waals surface area contributed by atoms with Crippen LogP contribution in [0.2, 0.25) is 0 Å². The van der Waals surface area contributed by atoms with Crippen molar-refractivity contribution in [3.63, 3.8) is 0 Å². The van der Waals surface area contributed by atoms with E-state index in [9.17, 15) is 4.79 Å². The molecule has 3 rings (SSSR count). The second kappa shape index (κ2) is 3.90. The van der Waals surface area contributed by atoms with E-state index < -0.39 is 5.97 Å². The number of methoxy groups -OCH3 is 1. The average molecular weight is 248 g/mol. The van der Waals surface area contributed by atoms with Gasteiger partial charge in [-0.2, -0.15) is 0 Å². The lowest BCUT2D eigenvalue weighted by Gasteiger charge is -2.16. The second-order valence-electron chi connectivity index (χ2n) is 5.12. The van der Waals surface area contributed by atoms with Crippen molar-refractivity contribution < 1.29 is 19.4 Å². The molecular formula is C14H16O4. The fraction of sp³-hybridized carbons (Fsp3) is 0.500. The van der Waals surface area contributed by atoms with Crippen LogP contribution in [-0.4, -0.2) is 24.8 Å². The van der Waals surface area contributed by atoms with Crippen LogP contribution in [0, 0.1) is 0 Å². The van der Waals surface area contributed by atoms with Gasteiger partial charge in [0.2, 0.25) is 0 Å². The third-order valence-electron chi connectivity index (χ3n) is 3.93. The number of hydrogen-bond acceptors (Lipinski definition) is 3. The average Bonchev–Trinajstić information content (AvgIpc) is 2.95. The predicted octanol–water partition coefficient (Wildman–Crippen LogP) is 2.14. The van der Waals surface area contributed by atoms with Crippen LogP contribution in [0.25, 0.3) is 0 Å². The molecular weight excluding hydrogens is 232 g/mol. The van der Waals surface area contributed by atoms with Gasteiger partial charge in [-0.15, -0.1) is 0 Å². The van der Waals surface area contributed by atoms with Gasteiger partial charge >= 0.3 is 5.97 Å². The predicted molar refractivity (Wildman–Crippen MR) is 65.4 cm³/mol. The number of hydrogen-bond donors (Lipinski definition) is 1. The molecule has 2 aliphatic rings. The number of rotatable bonds is 4. The zero-order valence-corrected chi connectivity index (χ0v) is 10.4. The largest absolute Gasteiger partial charge is 0.493 e. The summed E-state index contributed by atoms with van der Waals surface area (Å²) in [6.07, 6.45) is 2.97. The highest BCUT2D eigenvalue weighted by Gasteiger charge is 2.46. The van der Waals surface area contributed by atoms with Crippen LogP contribution in [0.15, 0.2) is 12.1 Å². The van der Waals surface area contributed by atoms with Crippen LogP contribution >= 0.6 is 0 Å². The van der Waals surface area contributed by atoms with Gasteiger partial charge in [0.1, 0.15) is 0 Å². The van der Waals surface area contributed by atoms with Crippen molar-refractivity contribution in [2.24, 2.45) is 0 Å². The Morgan fingerprint density at radius 3 is 2.89 bits per heavy atom. The summed E-state index contributed by atoms with van der Waals surface area (Å²) in [5.74, 6) is 0.826. The molecule has 0 bridgehead atoms. The molecule has 0 aromatic heterocycles. The van der Waals surface area contributed by atoms with E-state index in [0.717, 1.165) is 41.9 Å². The molecule has 1 aromatic rings. The molecule has 0 atom stereocenters. The number of fused-ring (bicyclic) bond motifs is 1. The first kappa shape index (κ1) is 11.4. The standard InChI is InChI=1S/C14H16O4/c1-17-11-7-10(6-9-2-5-18-13(9)11)14(3-4-14)8-12(15)16/h6-7H,2-5,8H2,1H3,(H,15,16). The summed E-state index contributed by atoms with van der Waals surface area (Å²) in [6, 6.07) is 4.04. The van der Waals surface area contributed by atoms with Crippen LogP contribution in [0.4, 0.5) is 0 Å². The Balaban J connectivity index is 2.01. The molecule has 0 unspecified atom stereocenters. The maximum Gasteiger partial charge on any atom is 0.304 e. The number of ether oxygens (including phenoxy) is 2. The van der Waals surface area contributed by atoms with Crippen LogP contribution in [-0.2, 0) is 16.6 Å². The molecule has 1 saturated carbocycles. The van der Waals surface area contributed by atoms with E-state index in [2.05, 4.69) is 6.07 Å². The van der Waals surface area contributed by atoms with Crippen LogP contribution in [0.3, 0.4) is 0 Å². The smallest absolute Gasteiger partial charge is 0.304 e. The maximum absolute atomic E-state index is 11.0. The molecule has 1 N–H and O–H groups in total. The van der Waals surface area contributed by atoms with Gasteiger partial charge in [0, 0.05) is 17.4 Å². The summed E-state index contributed by atoms with van der Waals surface area (Å²) < 4.78 is 10.9. The first-order chi connectivity index (χ1) is 8.64. The monoisotopic (exact) mass is 248 g/mol. The molecule has 4 heteroatoms. The van der Waals surface area contributed by atoms with Gasteiger partial charge in [-0.05, 0) is 24.5 Å². The van der Waals surface area contributed by atoms with E-state index in [1.165, 1.54) is 0 Å². The summed E-state index contributed by atoms with van der Waals surface area (Å²) in [6.45, 7) is 0.682. The van der Waals surface area contributed by atoms with Gasteiger partial charge < -0.3 is 14.6 Å². The number of carbonyl (C=O) groups is 1. The SMILES string of the molecule is COc1cc(C2(CC(=O)O)CC2)cc2c1OCC2. The van der Waals surface area contributed by atoms with Gasteiger partial charge in [-0.3, -0.25) is 4.79 Å². The van der Waals surface area contributed by atoms with E-state index in [-0.39, 0.29) is 11.8 Å². The van der Waals surface area contributed by atoms with E-state index in [4.69, 9.17) is 14.6 Å². The normalized spacial score (nSPS) is 18.9. The fourth-order valence-electron chi connectivity index (χ4n) is 2.74. The highest BCUT2D eigenvalue weighted by atomic mass is 16.5. The topological polar surface area (TPSA) is 55.8 Å². The fourth-order valence-corrected chi connectivity index (χ4v) is 2.74. The molecule has 96 valence electrons. The zero-order valence-electron chi connectivity index (χ0n) is 10.4. The summed E-state index contributed by atoms with van der Waals surface area (Å²) in [4.78, 5) is 11.0. The van der Waals surface area contributed by atoms with Crippen LogP contribution in [0.1, 0.15) is 30.4 Å². The Kier molecular flexibility index (Phi) is 2.47. The Morgan fingerprint density at radius 1 is 1.50 bits per heavy atom. The third-order valence-corrected chi connectivity index (χ3v) is 3.93. The van der Waals surface area contributed by atoms with Crippen molar-refractivity contribution in [3.8, 4) is 11.5 Å². The van der Waals surface area contributed by atoms with E-state index in [1.807, 2.05) is 6.07 Å². The molecule has 0 spiro atoms. The number of carboxylic acid groups (broad SMARTS) is 1. The zero-order chi connectivity index (χ0) is 12.8. The first-order valence-electron chi connectivity index (χ1n) is 6.21. The number of benzene rings is 1. The Labute approximate surface area is 106 Å². The van der Waals surface area contributed by atoms with Crippen LogP contribution < -0.4 is 9.47 Å². The molecule has 1 aliphatic heterocycles. The summed E-state index contributed by atoms with van der Waals surface area (Å²) in [5, 5.41) is 9.01. The van der Waals surface area contributed by atoms with Crippen molar-refractivity contribution >= 4 is 5.97 Å². The van der Waals surface area contributed by atoms with Crippen molar-refractivity contribution in [2.45, 2.75) is 31.1 Å². The van der Waals surface area contributed by atoms with Gasteiger partial charge in [-0.25, -0.2) is 0 Å².